The van der Waals surface area contributed by atoms with Crippen molar-refractivity contribution in [1.82, 2.24) is 25.2 Å². The van der Waals surface area contributed by atoms with Crippen molar-refractivity contribution in [3.05, 3.63) is 96.4 Å². The molecule has 2 aromatic heterocycles. The number of nitrogens with one attached hydrogen (secondary N) is 2. The molecule has 4 aromatic rings. The standard InChI is InChI=1S/C23H24N6O/c1-24-23(26-14-20-17-30-22(28-20)19-10-6-3-7-11-19)27-15-21-25-12-13-29(21)16-18-8-4-2-5-9-18/h2-13,17H,14-16H2,1H3,(H2,24,26,27). The molecule has 0 atom stereocenters. The number of imidazole rings is 1. The van der Waals surface area contributed by atoms with Gasteiger partial charge in [-0.2, -0.15) is 0 Å². The van der Waals surface area contributed by atoms with Crippen molar-refractivity contribution >= 4 is 5.96 Å². The molecule has 0 fully saturated rings. The van der Waals surface area contributed by atoms with E-state index >= 15 is 0 Å². The molecule has 30 heavy (non-hydrogen) atoms. The molecule has 0 bridgehead atoms. The molecule has 0 amide bonds. The van der Waals surface area contributed by atoms with Crippen LogP contribution in [0.1, 0.15) is 17.1 Å². The van der Waals surface area contributed by atoms with Crippen molar-refractivity contribution < 1.29 is 4.42 Å². The van der Waals surface area contributed by atoms with Gasteiger partial charge in [-0.1, -0.05) is 48.5 Å². The van der Waals surface area contributed by atoms with Gasteiger partial charge in [0.2, 0.25) is 5.89 Å². The van der Waals surface area contributed by atoms with Crippen LogP contribution >= 0.6 is 0 Å². The fourth-order valence-electron chi connectivity index (χ4n) is 3.09. The molecule has 0 aliphatic carbocycles. The van der Waals surface area contributed by atoms with Crippen LogP contribution in [-0.4, -0.2) is 27.5 Å². The van der Waals surface area contributed by atoms with Crippen LogP contribution in [0, 0.1) is 0 Å². The summed E-state index contributed by atoms with van der Waals surface area (Å²) in [5.41, 5.74) is 3.00. The molecular weight excluding hydrogens is 376 g/mol. The molecule has 2 N–H and O–H groups in total. The van der Waals surface area contributed by atoms with Gasteiger partial charge < -0.3 is 19.6 Å². The average Bonchev–Trinajstić information content (AvgIpc) is 3.45. The van der Waals surface area contributed by atoms with E-state index in [9.17, 15) is 0 Å². The van der Waals surface area contributed by atoms with Crippen LogP contribution in [0.2, 0.25) is 0 Å². The molecule has 0 radical (unpaired) electrons. The summed E-state index contributed by atoms with van der Waals surface area (Å²) in [6.45, 7) is 1.85. The summed E-state index contributed by atoms with van der Waals surface area (Å²) in [4.78, 5) is 13.3. The Morgan fingerprint density at radius 1 is 1.00 bits per heavy atom. The van der Waals surface area contributed by atoms with Gasteiger partial charge in [0.15, 0.2) is 5.96 Å². The van der Waals surface area contributed by atoms with Gasteiger partial charge in [-0.25, -0.2) is 9.97 Å². The quantitative estimate of drug-likeness (QED) is 0.367. The predicted octanol–water partition coefficient (Wildman–Crippen LogP) is 3.45. The lowest BCUT2D eigenvalue weighted by molar-refractivity contribution is 0.572. The highest BCUT2D eigenvalue weighted by Crippen LogP contribution is 2.17. The molecule has 0 aliphatic rings. The fraction of sp³-hybridized carbons (Fsp3) is 0.174. The van der Waals surface area contributed by atoms with Crippen molar-refractivity contribution in [1.29, 1.82) is 0 Å². The van der Waals surface area contributed by atoms with Crippen molar-refractivity contribution in [2.24, 2.45) is 4.99 Å². The van der Waals surface area contributed by atoms with Gasteiger partial charge in [-0.15, -0.1) is 0 Å². The highest BCUT2D eigenvalue weighted by molar-refractivity contribution is 5.79. The number of aromatic nitrogens is 3. The summed E-state index contributed by atoms with van der Waals surface area (Å²) in [7, 11) is 1.74. The number of rotatable bonds is 7. The van der Waals surface area contributed by atoms with Gasteiger partial charge in [-0.05, 0) is 17.7 Å². The number of oxazole rings is 1. The SMILES string of the molecule is CN=C(NCc1coc(-c2ccccc2)n1)NCc1nccn1Cc1ccccc1. The van der Waals surface area contributed by atoms with Crippen LogP contribution in [0.5, 0.6) is 0 Å². The molecule has 152 valence electrons. The Labute approximate surface area is 175 Å². The lowest BCUT2D eigenvalue weighted by atomic mass is 10.2. The Bertz CT molecular complexity index is 1090. The number of aliphatic imine (C=N–C) groups is 1. The van der Waals surface area contributed by atoms with Crippen LogP contribution in [0.3, 0.4) is 0 Å². The number of guanidine groups is 1. The normalized spacial score (nSPS) is 11.4. The molecule has 7 heteroatoms. The Morgan fingerprint density at radius 2 is 1.73 bits per heavy atom. The second kappa shape index (κ2) is 9.56. The van der Waals surface area contributed by atoms with Crippen LogP contribution in [0.25, 0.3) is 11.5 Å². The smallest absolute Gasteiger partial charge is 0.226 e. The lowest BCUT2D eigenvalue weighted by Crippen LogP contribution is -2.37. The van der Waals surface area contributed by atoms with Gasteiger partial charge in [0.25, 0.3) is 0 Å². The van der Waals surface area contributed by atoms with Gasteiger partial charge in [-0.3, -0.25) is 4.99 Å². The van der Waals surface area contributed by atoms with Crippen LogP contribution in [-0.2, 0) is 19.6 Å². The Balaban J connectivity index is 1.31. The topological polar surface area (TPSA) is 80.3 Å². The van der Waals surface area contributed by atoms with Crippen molar-refractivity contribution in [3.8, 4) is 11.5 Å². The third kappa shape index (κ3) is 4.94. The fourth-order valence-corrected chi connectivity index (χ4v) is 3.09. The summed E-state index contributed by atoms with van der Waals surface area (Å²) in [6.07, 6.45) is 5.46. The molecule has 4 rings (SSSR count). The zero-order valence-corrected chi connectivity index (χ0v) is 16.8. The van der Waals surface area contributed by atoms with Crippen LogP contribution in [0.15, 0.2) is 88.7 Å². The molecule has 0 unspecified atom stereocenters. The molecule has 2 heterocycles. The van der Waals surface area contributed by atoms with E-state index in [4.69, 9.17) is 4.42 Å². The first-order chi connectivity index (χ1) is 14.8. The van der Waals surface area contributed by atoms with Gasteiger partial charge in [0.05, 0.1) is 18.8 Å². The van der Waals surface area contributed by atoms with E-state index < -0.39 is 0 Å². The van der Waals surface area contributed by atoms with Crippen molar-refractivity contribution in [2.45, 2.75) is 19.6 Å². The van der Waals surface area contributed by atoms with Gasteiger partial charge in [0.1, 0.15) is 12.1 Å². The largest absolute Gasteiger partial charge is 0.444 e. The van der Waals surface area contributed by atoms with Crippen LogP contribution in [0.4, 0.5) is 0 Å². The summed E-state index contributed by atoms with van der Waals surface area (Å²) in [6, 6.07) is 20.2. The van der Waals surface area contributed by atoms with E-state index in [0.29, 0.717) is 24.9 Å². The highest BCUT2D eigenvalue weighted by Gasteiger charge is 2.08. The second-order valence-corrected chi connectivity index (χ2v) is 6.75. The number of hydrogen-bond donors (Lipinski definition) is 2. The van der Waals surface area contributed by atoms with E-state index in [-0.39, 0.29) is 0 Å². The lowest BCUT2D eigenvalue weighted by Gasteiger charge is -2.12. The summed E-state index contributed by atoms with van der Waals surface area (Å²) < 4.78 is 7.71. The van der Waals surface area contributed by atoms with E-state index in [1.54, 1.807) is 13.3 Å². The van der Waals surface area contributed by atoms with Gasteiger partial charge >= 0.3 is 0 Å². The molecule has 0 spiro atoms. The van der Waals surface area contributed by atoms with E-state index in [2.05, 4.69) is 42.3 Å². The molecule has 0 saturated carbocycles. The summed E-state index contributed by atoms with van der Waals surface area (Å²) >= 11 is 0. The minimum atomic E-state index is 0.508. The van der Waals surface area contributed by atoms with Gasteiger partial charge in [0, 0.05) is 31.5 Å². The first-order valence-electron chi connectivity index (χ1n) is 9.80. The summed E-state index contributed by atoms with van der Waals surface area (Å²) in [5.74, 6) is 2.22. The average molecular weight is 400 g/mol. The first-order valence-corrected chi connectivity index (χ1v) is 9.80. The van der Waals surface area contributed by atoms with E-state index in [0.717, 1.165) is 23.6 Å². The Kier molecular flexibility index (Phi) is 6.19. The highest BCUT2D eigenvalue weighted by atomic mass is 16.3. The third-order valence-corrected chi connectivity index (χ3v) is 4.64. The summed E-state index contributed by atoms with van der Waals surface area (Å²) in [5, 5.41) is 6.57. The monoisotopic (exact) mass is 400 g/mol. The van der Waals surface area contributed by atoms with Crippen molar-refractivity contribution in [2.75, 3.05) is 7.05 Å². The Hall–Kier alpha value is -3.87. The Morgan fingerprint density at radius 3 is 2.50 bits per heavy atom. The van der Waals surface area contributed by atoms with E-state index in [1.165, 1.54) is 5.56 Å². The molecule has 0 saturated heterocycles. The predicted molar refractivity (Wildman–Crippen MR) is 117 cm³/mol. The molecule has 7 nitrogen and oxygen atoms in total. The maximum Gasteiger partial charge on any atom is 0.226 e. The van der Waals surface area contributed by atoms with E-state index in [1.807, 2.05) is 60.9 Å². The number of hydrogen-bond acceptors (Lipinski definition) is 4. The zero-order valence-electron chi connectivity index (χ0n) is 16.8. The number of nitrogens with zero attached hydrogens (tertiary/aromatic N) is 4. The molecule has 2 aromatic carbocycles. The van der Waals surface area contributed by atoms with Crippen molar-refractivity contribution in [3.63, 3.8) is 0 Å². The third-order valence-electron chi connectivity index (χ3n) is 4.64. The first kappa shape index (κ1) is 19.4. The maximum absolute atomic E-state index is 5.58. The molecule has 0 aliphatic heterocycles. The molecular formula is C23H24N6O. The van der Waals surface area contributed by atoms with Crippen LogP contribution < -0.4 is 10.6 Å². The maximum atomic E-state index is 5.58. The second-order valence-electron chi connectivity index (χ2n) is 6.75. The zero-order chi connectivity index (χ0) is 20.6. The minimum Gasteiger partial charge on any atom is -0.444 e. The minimum absolute atomic E-state index is 0.508. The number of benzene rings is 2.